The molecule has 0 heterocycles. The van der Waals surface area contributed by atoms with Gasteiger partial charge < -0.3 is 5.73 Å². The number of halogens is 1. The molecular weight excluding hydrogens is 291 g/mol. The summed E-state index contributed by atoms with van der Waals surface area (Å²) in [7, 11) is -3.80. The second kappa shape index (κ2) is 6.34. The second-order valence-electron chi connectivity index (χ2n) is 4.73. The van der Waals surface area contributed by atoms with Crippen molar-refractivity contribution in [2.45, 2.75) is 24.9 Å². The molecule has 21 heavy (non-hydrogen) atoms. The lowest BCUT2D eigenvalue weighted by Crippen LogP contribution is -2.25. The van der Waals surface area contributed by atoms with Crippen molar-refractivity contribution in [2.24, 2.45) is 5.73 Å². The van der Waals surface area contributed by atoms with Crippen molar-refractivity contribution < 1.29 is 12.8 Å². The Morgan fingerprint density at radius 3 is 2.43 bits per heavy atom. The molecule has 2 rings (SSSR count). The molecule has 0 saturated carbocycles. The van der Waals surface area contributed by atoms with Crippen molar-refractivity contribution in [3.63, 3.8) is 0 Å². The Morgan fingerprint density at radius 2 is 1.81 bits per heavy atom. The molecule has 0 bridgehead atoms. The summed E-state index contributed by atoms with van der Waals surface area (Å²) in [6.45, 7) is 1.92. The lowest BCUT2D eigenvalue weighted by Gasteiger charge is -2.11. The van der Waals surface area contributed by atoms with E-state index < -0.39 is 15.8 Å². The summed E-state index contributed by atoms with van der Waals surface area (Å²) in [5.41, 5.74) is 7.36. The molecule has 6 heteroatoms. The van der Waals surface area contributed by atoms with Crippen LogP contribution in [0.25, 0.3) is 0 Å². The first kappa shape index (κ1) is 15.6. The fourth-order valence-electron chi connectivity index (χ4n) is 1.95. The lowest BCUT2D eigenvalue weighted by molar-refractivity contribution is 0.571. The molecule has 0 radical (unpaired) electrons. The van der Waals surface area contributed by atoms with Crippen LogP contribution in [-0.4, -0.2) is 8.42 Å². The lowest BCUT2D eigenvalue weighted by atomic mass is 10.2. The normalized spacial score (nSPS) is 11.6. The van der Waals surface area contributed by atoms with Crippen LogP contribution in [0.15, 0.2) is 47.4 Å². The van der Waals surface area contributed by atoms with E-state index in [9.17, 15) is 12.8 Å². The van der Waals surface area contributed by atoms with Gasteiger partial charge >= 0.3 is 0 Å². The highest BCUT2D eigenvalue weighted by Gasteiger charge is 2.19. The molecule has 2 aromatic carbocycles. The zero-order valence-corrected chi connectivity index (χ0v) is 12.5. The summed E-state index contributed by atoms with van der Waals surface area (Å²) in [5.74, 6) is -0.615. The molecule has 0 unspecified atom stereocenters. The van der Waals surface area contributed by atoms with Crippen LogP contribution < -0.4 is 10.5 Å². The third-order valence-electron chi connectivity index (χ3n) is 3.16. The van der Waals surface area contributed by atoms with Gasteiger partial charge in [-0.15, -0.1) is 0 Å². The van der Waals surface area contributed by atoms with Crippen molar-refractivity contribution in [1.82, 2.24) is 4.72 Å². The molecule has 0 amide bonds. The fourth-order valence-corrected chi connectivity index (χ4v) is 3.23. The molecule has 0 atom stereocenters. The molecular formula is C15H17FN2O2S. The summed E-state index contributed by atoms with van der Waals surface area (Å²) in [6.07, 6.45) is 0. The molecule has 112 valence electrons. The Morgan fingerprint density at radius 1 is 1.14 bits per heavy atom. The van der Waals surface area contributed by atoms with Gasteiger partial charge in [0.25, 0.3) is 0 Å². The number of hydrogen-bond donors (Lipinski definition) is 2. The van der Waals surface area contributed by atoms with Crippen LogP contribution in [0.5, 0.6) is 0 Å². The van der Waals surface area contributed by atoms with E-state index in [4.69, 9.17) is 5.73 Å². The van der Waals surface area contributed by atoms with Crippen molar-refractivity contribution in [2.75, 3.05) is 0 Å². The monoisotopic (exact) mass is 308 g/mol. The highest BCUT2D eigenvalue weighted by molar-refractivity contribution is 7.89. The smallest absolute Gasteiger partial charge is 0.241 e. The number of aryl methyl sites for hydroxylation is 1. The average Bonchev–Trinajstić information content (AvgIpc) is 2.46. The quantitative estimate of drug-likeness (QED) is 0.888. The minimum atomic E-state index is -3.80. The van der Waals surface area contributed by atoms with E-state index in [1.807, 2.05) is 31.2 Å². The van der Waals surface area contributed by atoms with Crippen molar-refractivity contribution in [3.05, 3.63) is 65.0 Å². The number of benzene rings is 2. The second-order valence-corrected chi connectivity index (χ2v) is 6.47. The van der Waals surface area contributed by atoms with Crippen LogP contribution in [0.1, 0.15) is 16.7 Å². The molecule has 0 saturated heterocycles. The zero-order valence-electron chi connectivity index (χ0n) is 11.6. The van der Waals surface area contributed by atoms with Gasteiger partial charge in [-0.1, -0.05) is 35.9 Å². The van der Waals surface area contributed by atoms with Gasteiger partial charge in [-0.3, -0.25) is 0 Å². The van der Waals surface area contributed by atoms with E-state index in [0.717, 1.165) is 11.1 Å². The topological polar surface area (TPSA) is 72.2 Å². The first-order valence-corrected chi connectivity index (χ1v) is 7.95. The molecule has 2 aromatic rings. The van der Waals surface area contributed by atoms with Gasteiger partial charge in [0.05, 0.1) is 4.90 Å². The summed E-state index contributed by atoms with van der Waals surface area (Å²) in [5, 5.41) is 0. The third kappa shape index (κ3) is 3.66. The highest BCUT2D eigenvalue weighted by atomic mass is 32.2. The number of hydrogen-bond acceptors (Lipinski definition) is 3. The van der Waals surface area contributed by atoms with E-state index in [-0.39, 0.29) is 23.5 Å². The van der Waals surface area contributed by atoms with E-state index >= 15 is 0 Å². The molecule has 3 N–H and O–H groups in total. The van der Waals surface area contributed by atoms with Gasteiger partial charge in [0.1, 0.15) is 5.82 Å². The SMILES string of the molecule is Cc1ccc(CNS(=O)(=O)c2cccc(F)c2CN)cc1. The van der Waals surface area contributed by atoms with Crippen LogP contribution in [0.4, 0.5) is 4.39 Å². The van der Waals surface area contributed by atoms with Crippen LogP contribution in [0.2, 0.25) is 0 Å². The molecule has 0 aliphatic rings. The summed E-state index contributed by atoms with van der Waals surface area (Å²) < 4.78 is 40.6. The summed E-state index contributed by atoms with van der Waals surface area (Å²) in [6, 6.07) is 11.4. The van der Waals surface area contributed by atoms with Crippen LogP contribution in [-0.2, 0) is 23.1 Å². The fraction of sp³-hybridized carbons (Fsp3) is 0.200. The molecule has 0 aromatic heterocycles. The number of nitrogens with one attached hydrogen (secondary N) is 1. The van der Waals surface area contributed by atoms with Crippen LogP contribution >= 0.6 is 0 Å². The van der Waals surface area contributed by atoms with Gasteiger partial charge in [-0.05, 0) is 24.6 Å². The summed E-state index contributed by atoms with van der Waals surface area (Å²) >= 11 is 0. The number of rotatable bonds is 5. The standard InChI is InChI=1S/C15H17FN2O2S/c1-11-5-7-12(8-6-11)10-18-21(19,20)15-4-2-3-14(16)13(15)9-17/h2-8,18H,9-10,17H2,1H3. The van der Waals surface area contributed by atoms with Gasteiger partial charge in [0.2, 0.25) is 10.0 Å². The molecule has 4 nitrogen and oxygen atoms in total. The Balaban J connectivity index is 2.23. The van der Waals surface area contributed by atoms with Gasteiger partial charge in [0, 0.05) is 18.7 Å². The van der Waals surface area contributed by atoms with Crippen LogP contribution in [0.3, 0.4) is 0 Å². The highest BCUT2D eigenvalue weighted by Crippen LogP contribution is 2.18. The van der Waals surface area contributed by atoms with Crippen LogP contribution in [0, 0.1) is 12.7 Å². The van der Waals surface area contributed by atoms with Gasteiger partial charge in [-0.2, -0.15) is 0 Å². The maximum Gasteiger partial charge on any atom is 0.241 e. The minimum Gasteiger partial charge on any atom is -0.326 e. The predicted molar refractivity (Wildman–Crippen MR) is 79.5 cm³/mol. The Labute approximate surface area is 123 Å². The first-order chi connectivity index (χ1) is 9.94. The van der Waals surface area contributed by atoms with Crippen molar-refractivity contribution >= 4 is 10.0 Å². The predicted octanol–water partition coefficient (Wildman–Crippen LogP) is 2.07. The van der Waals surface area contributed by atoms with Gasteiger partial charge in [-0.25, -0.2) is 17.5 Å². The largest absolute Gasteiger partial charge is 0.326 e. The van der Waals surface area contributed by atoms with Gasteiger partial charge in [0.15, 0.2) is 0 Å². The van der Waals surface area contributed by atoms with E-state index in [2.05, 4.69) is 4.72 Å². The molecule has 0 aliphatic carbocycles. The molecule has 0 fully saturated rings. The summed E-state index contributed by atoms with van der Waals surface area (Å²) in [4.78, 5) is -0.114. The maximum absolute atomic E-state index is 13.6. The Bertz CT molecular complexity index is 728. The van der Waals surface area contributed by atoms with Crippen molar-refractivity contribution in [1.29, 1.82) is 0 Å². The Kier molecular flexibility index (Phi) is 4.72. The first-order valence-electron chi connectivity index (χ1n) is 6.46. The molecule has 0 aliphatic heterocycles. The number of nitrogens with two attached hydrogens (primary N) is 1. The van der Waals surface area contributed by atoms with E-state index in [1.54, 1.807) is 0 Å². The maximum atomic E-state index is 13.6. The molecule has 0 spiro atoms. The Hall–Kier alpha value is -1.76. The zero-order chi connectivity index (χ0) is 15.5. The van der Waals surface area contributed by atoms with Crippen molar-refractivity contribution in [3.8, 4) is 0 Å². The average molecular weight is 308 g/mol. The van der Waals surface area contributed by atoms with E-state index in [1.165, 1.54) is 18.2 Å². The minimum absolute atomic E-state index is 0.00564. The van der Waals surface area contributed by atoms with E-state index in [0.29, 0.717) is 0 Å². The number of sulfonamides is 1. The third-order valence-corrected chi connectivity index (χ3v) is 4.64.